The van der Waals surface area contributed by atoms with Crippen molar-refractivity contribution in [3.8, 4) is 16.9 Å². The van der Waals surface area contributed by atoms with Crippen LogP contribution in [0.1, 0.15) is 107 Å². The van der Waals surface area contributed by atoms with E-state index >= 15 is 8.78 Å². The van der Waals surface area contributed by atoms with Crippen LogP contribution in [0, 0.1) is 23.5 Å². The van der Waals surface area contributed by atoms with Crippen molar-refractivity contribution in [2.75, 3.05) is 0 Å². The highest BCUT2D eigenvalue weighted by Gasteiger charge is 2.44. The maximum absolute atomic E-state index is 15.1. The minimum Gasteiger partial charge on any atom is -0.432 e. The molecule has 0 aromatic heterocycles. The molecule has 0 aliphatic heterocycles. The van der Waals surface area contributed by atoms with Gasteiger partial charge in [0.2, 0.25) is 0 Å². The fourth-order valence-electron chi connectivity index (χ4n) is 6.93. The van der Waals surface area contributed by atoms with Crippen LogP contribution in [0.4, 0.5) is 17.6 Å². The van der Waals surface area contributed by atoms with E-state index in [0.717, 1.165) is 12.0 Å². The summed E-state index contributed by atoms with van der Waals surface area (Å²) in [5.41, 5.74) is 3.34. The zero-order chi connectivity index (χ0) is 28.8. The largest absolute Gasteiger partial charge is 0.432 e. The molecule has 2 aliphatic rings. The van der Waals surface area contributed by atoms with Gasteiger partial charge in [-0.1, -0.05) is 69.0 Å². The summed E-state index contributed by atoms with van der Waals surface area (Å²) in [5, 5.41) is 0. The molecule has 0 spiro atoms. The lowest BCUT2D eigenvalue weighted by molar-refractivity contribution is -0.222. The molecule has 0 unspecified atom stereocenters. The molecule has 3 aromatic carbocycles. The van der Waals surface area contributed by atoms with Crippen LogP contribution >= 0.6 is 0 Å². The van der Waals surface area contributed by atoms with Crippen molar-refractivity contribution in [3.63, 3.8) is 0 Å². The summed E-state index contributed by atoms with van der Waals surface area (Å²) in [6.45, 7) is 2.26. The molecule has 5 rings (SSSR count). The third-order valence-electron chi connectivity index (χ3n) is 9.49. The number of benzene rings is 3. The van der Waals surface area contributed by atoms with E-state index in [1.807, 2.05) is 0 Å². The molecule has 2 fully saturated rings. The van der Waals surface area contributed by atoms with E-state index in [9.17, 15) is 8.78 Å². The zero-order valence-corrected chi connectivity index (χ0v) is 24.1. The number of alkyl halides is 2. The lowest BCUT2D eigenvalue weighted by Gasteiger charge is -2.33. The Bertz CT molecular complexity index is 1240. The van der Waals surface area contributed by atoms with Crippen molar-refractivity contribution in [2.45, 2.75) is 102 Å². The van der Waals surface area contributed by atoms with Crippen molar-refractivity contribution in [2.24, 2.45) is 11.8 Å². The molecule has 0 saturated heterocycles. The highest BCUT2D eigenvalue weighted by molar-refractivity contribution is 5.64. The maximum atomic E-state index is 15.1. The van der Waals surface area contributed by atoms with Crippen LogP contribution in [-0.2, 0) is 0 Å². The normalized spacial score (nSPS) is 23.3. The van der Waals surface area contributed by atoms with Gasteiger partial charge in [-0.25, -0.2) is 8.78 Å². The summed E-state index contributed by atoms with van der Waals surface area (Å²) in [6.07, 6.45) is 9.31. The number of ether oxygens (including phenoxy) is 1. The molecular weight excluding hydrogens is 524 g/mol. The SMILES string of the molecule is CCCCCC1CCC(c2ccc(C3CCC(C(F)(F)Oc4ccc(-c5ccc(F)cc5)c(F)c4)CC3)cc2)CC1. The Hall–Kier alpha value is -2.82. The predicted octanol–water partition coefficient (Wildman–Crippen LogP) is 11.4. The first-order valence-electron chi connectivity index (χ1n) is 15.5. The van der Waals surface area contributed by atoms with E-state index in [1.165, 1.54) is 98.9 Å². The monoisotopic (exact) mass is 566 g/mol. The van der Waals surface area contributed by atoms with Crippen LogP contribution in [0.15, 0.2) is 66.7 Å². The molecule has 0 atom stereocenters. The van der Waals surface area contributed by atoms with Gasteiger partial charge in [-0.3, -0.25) is 0 Å². The Kier molecular flexibility index (Phi) is 9.72. The standard InChI is InChI=1S/C36H42F4O/c1-2-3-4-5-25-6-8-26(9-7-25)27-10-12-28(13-11-27)29-14-18-31(19-15-29)36(39,40)41-33-22-23-34(35(38)24-33)30-16-20-32(37)21-17-30/h10-13,16-17,20-26,29,31H,2-9,14-15,18-19H2,1H3. The smallest absolute Gasteiger partial charge is 0.400 e. The first-order valence-corrected chi connectivity index (χ1v) is 15.5. The lowest BCUT2D eigenvalue weighted by Crippen LogP contribution is -2.37. The summed E-state index contributed by atoms with van der Waals surface area (Å²) < 4.78 is 63.2. The molecular formula is C36H42F4O. The van der Waals surface area contributed by atoms with Gasteiger partial charge in [0.05, 0.1) is 5.92 Å². The second-order valence-corrected chi connectivity index (χ2v) is 12.2. The van der Waals surface area contributed by atoms with Crippen LogP contribution < -0.4 is 4.74 Å². The van der Waals surface area contributed by atoms with Gasteiger partial charge in [0.1, 0.15) is 17.4 Å². The molecule has 220 valence electrons. The molecule has 0 radical (unpaired) electrons. The first-order chi connectivity index (χ1) is 19.8. The second-order valence-electron chi connectivity index (χ2n) is 12.2. The molecule has 0 bridgehead atoms. The van der Waals surface area contributed by atoms with Crippen LogP contribution in [0.5, 0.6) is 5.75 Å². The Morgan fingerprint density at radius 2 is 1.29 bits per heavy atom. The van der Waals surface area contributed by atoms with E-state index < -0.39 is 23.7 Å². The third-order valence-corrected chi connectivity index (χ3v) is 9.49. The average molecular weight is 567 g/mol. The average Bonchev–Trinajstić information content (AvgIpc) is 2.98. The molecule has 41 heavy (non-hydrogen) atoms. The van der Waals surface area contributed by atoms with Crippen molar-refractivity contribution < 1.29 is 22.3 Å². The first kappa shape index (κ1) is 29.7. The molecule has 3 aromatic rings. The van der Waals surface area contributed by atoms with Crippen LogP contribution in [0.3, 0.4) is 0 Å². The van der Waals surface area contributed by atoms with Gasteiger partial charge in [0, 0.05) is 11.6 Å². The molecule has 0 amide bonds. The van der Waals surface area contributed by atoms with E-state index in [0.29, 0.717) is 37.2 Å². The van der Waals surface area contributed by atoms with Gasteiger partial charge in [-0.15, -0.1) is 0 Å². The fraction of sp³-hybridized carbons (Fsp3) is 0.500. The van der Waals surface area contributed by atoms with Gasteiger partial charge in [0.15, 0.2) is 0 Å². The van der Waals surface area contributed by atoms with E-state index in [2.05, 4.69) is 31.2 Å². The number of hydrogen-bond acceptors (Lipinski definition) is 1. The Labute approximate surface area is 242 Å². The maximum Gasteiger partial charge on any atom is 0.400 e. The summed E-state index contributed by atoms with van der Waals surface area (Å²) in [6, 6.07) is 18.1. The summed E-state index contributed by atoms with van der Waals surface area (Å²) >= 11 is 0. The van der Waals surface area contributed by atoms with Crippen molar-refractivity contribution in [1.82, 2.24) is 0 Å². The minimum absolute atomic E-state index is 0.203. The molecule has 1 nitrogen and oxygen atoms in total. The van der Waals surface area contributed by atoms with Gasteiger partial charge < -0.3 is 4.74 Å². The summed E-state index contributed by atoms with van der Waals surface area (Å²) in [4.78, 5) is 0. The number of unbranched alkanes of at least 4 members (excludes halogenated alkanes) is 2. The Morgan fingerprint density at radius 1 is 0.707 bits per heavy atom. The number of hydrogen-bond donors (Lipinski definition) is 0. The topological polar surface area (TPSA) is 9.23 Å². The van der Waals surface area contributed by atoms with Gasteiger partial charge in [0.25, 0.3) is 0 Å². The van der Waals surface area contributed by atoms with E-state index in [1.54, 1.807) is 0 Å². The molecule has 0 heterocycles. The Morgan fingerprint density at radius 3 is 1.85 bits per heavy atom. The molecule has 2 saturated carbocycles. The summed E-state index contributed by atoms with van der Waals surface area (Å²) in [5.74, 6) is -0.404. The van der Waals surface area contributed by atoms with Crippen molar-refractivity contribution >= 4 is 0 Å². The van der Waals surface area contributed by atoms with Gasteiger partial charge >= 0.3 is 6.11 Å². The van der Waals surface area contributed by atoms with Crippen molar-refractivity contribution in [1.29, 1.82) is 0 Å². The lowest BCUT2D eigenvalue weighted by atomic mass is 9.75. The van der Waals surface area contributed by atoms with E-state index in [4.69, 9.17) is 4.74 Å². The van der Waals surface area contributed by atoms with Crippen molar-refractivity contribution in [3.05, 3.63) is 89.5 Å². The van der Waals surface area contributed by atoms with Gasteiger partial charge in [-0.05, 0) is 110 Å². The summed E-state index contributed by atoms with van der Waals surface area (Å²) in [7, 11) is 0. The quantitative estimate of drug-likeness (QED) is 0.175. The van der Waals surface area contributed by atoms with Crippen LogP contribution in [-0.4, -0.2) is 6.11 Å². The zero-order valence-electron chi connectivity index (χ0n) is 24.1. The molecule has 5 heteroatoms. The third kappa shape index (κ3) is 7.53. The Balaban J connectivity index is 1.12. The fourth-order valence-corrected chi connectivity index (χ4v) is 6.93. The molecule has 0 N–H and O–H groups in total. The highest BCUT2D eigenvalue weighted by atomic mass is 19.3. The minimum atomic E-state index is -3.38. The predicted molar refractivity (Wildman–Crippen MR) is 157 cm³/mol. The van der Waals surface area contributed by atoms with Crippen LogP contribution in [0.25, 0.3) is 11.1 Å². The number of rotatable bonds is 10. The van der Waals surface area contributed by atoms with Crippen LogP contribution in [0.2, 0.25) is 0 Å². The number of halogens is 4. The highest BCUT2D eigenvalue weighted by Crippen LogP contribution is 2.44. The molecule has 2 aliphatic carbocycles. The second kappa shape index (κ2) is 13.4. The van der Waals surface area contributed by atoms with E-state index in [-0.39, 0.29) is 17.2 Å². The van der Waals surface area contributed by atoms with Gasteiger partial charge in [-0.2, -0.15) is 8.78 Å².